The minimum absolute atomic E-state index is 0.0594. The Morgan fingerprint density at radius 3 is 2.32 bits per heavy atom. The van der Waals surface area contributed by atoms with Crippen molar-refractivity contribution in [2.75, 3.05) is 14.2 Å². The van der Waals surface area contributed by atoms with E-state index in [0.717, 1.165) is 23.4 Å². The lowest BCUT2D eigenvalue weighted by molar-refractivity contribution is -0.385. The first-order chi connectivity index (χ1) is 13.6. The van der Waals surface area contributed by atoms with E-state index in [4.69, 9.17) is 9.47 Å². The molecule has 6 nitrogen and oxygen atoms in total. The molecule has 146 valence electrons. The van der Waals surface area contributed by atoms with E-state index in [9.17, 15) is 10.1 Å². The van der Waals surface area contributed by atoms with Gasteiger partial charge >= 0.3 is 0 Å². The van der Waals surface area contributed by atoms with E-state index in [0.29, 0.717) is 18.8 Å². The number of ether oxygens (including phenoxy) is 2. The number of thiophene rings is 1. The van der Waals surface area contributed by atoms with Gasteiger partial charge in [0.2, 0.25) is 0 Å². The lowest BCUT2D eigenvalue weighted by Crippen LogP contribution is -2.22. The zero-order valence-corrected chi connectivity index (χ0v) is 16.6. The molecule has 0 bridgehead atoms. The highest BCUT2D eigenvalue weighted by molar-refractivity contribution is 7.09. The summed E-state index contributed by atoms with van der Waals surface area (Å²) in [5, 5.41) is 13.3. The summed E-state index contributed by atoms with van der Waals surface area (Å²) in [4.78, 5) is 14.3. The van der Waals surface area contributed by atoms with Gasteiger partial charge in [-0.1, -0.05) is 24.3 Å². The summed E-state index contributed by atoms with van der Waals surface area (Å²) in [6.45, 7) is 1.89. The summed E-state index contributed by atoms with van der Waals surface area (Å²) >= 11 is 1.69. The molecule has 0 amide bonds. The van der Waals surface area contributed by atoms with E-state index in [1.807, 2.05) is 35.7 Å². The van der Waals surface area contributed by atoms with E-state index in [1.54, 1.807) is 37.7 Å². The highest BCUT2D eigenvalue weighted by Gasteiger charge is 2.17. The van der Waals surface area contributed by atoms with Crippen LogP contribution in [0.25, 0.3) is 0 Å². The number of nitro groups is 1. The predicted octanol–water partition coefficient (Wildman–Crippen LogP) is 4.88. The Morgan fingerprint density at radius 1 is 0.929 bits per heavy atom. The van der Waals surface area contributed by atoms with Crippen molar-refractivity contribution in [3.8, 4) is 11.5 Å². The van der Waals surface area contributed by atoms with Crippen LogP contribution in [0.5, 0.6) is 11.5 Å². The van der Waals surface area contributed by atoms with Crippen LogP contribution in [0.15, 0.2) is 60.0 Å². The number of para-hydroxylation sites is 1. The van der Waals surface area contributed by atoms with Crippen LogP contribution in [0.4, 0.5) is 5.69 Å². The van der Waals surface area contributed by atoms with Crippen molar-refractivity contribution in [2.45, 2.75) is 19.6 Å². The zero-order chi connectivity index (χ0) is 19.9. The first kappa shape index (κ1) is 19.9. The Labute approximate surface area is 168 Å². The Kier molecular flexibility index (Phi) is 6.62. The summed E-state index contributed by atoms with van der Waals surface area (Å²) in [5.41, 5.74) is 1.90. The molecule has 3 aromatic rings. The van der Waals surface area contributed by atoms with Crippen LogP contribution in [0.2, 0.25) is 0 Å². The van der Waals surface area contributed by atoms with Gasteiger partial charge in [0.15, 0.2) is 0 Å². The van der Waals surface area contributed by atoms with E-state index in [-0.39, 0.29) is 10.6 Å². The number of nitro benzene ring substituents is 1. The van der Waals surface area contributed by atoms with Gasteiger partial charge in [-0.2, -0.15) is 0 Å². The Bertz CT molecular complexity index is 928. The van der Waals surface area contributed by atoms with Crippen LogP contribution in [0.1, 0.15) is 16.0 Å². The van der Waals surface area contributed by atoms with Gasteiger partial charge in [-0.05, 0) is 23.6 Å². The normalized spacial score (nSPS) is 10.8. The molecule has 0 fully saturated rings. The molecule has 7 heteroatoms. The Balaban J connectivity index is 1.91. The smallest absolute Gasteiger partial charge is 0.270 e. The van der Waals surface area contributed by atoms with Gasteiger partial charge in [0.25, 0.3) is 5.69 Å². The van der Waals surface area contributed by atoms with Gasteiger partial charge in [-0.25, -0.2) is 0 Å². The van der Waals surface area contributed by atoms with Crippen molar-refractivity contribution in [3.63, 3.8) is 0 Å². The van der Waals surface area contributed by atoms with Gasteiger partial charge in [-0.15, -0.1) is 11.3 Å². The van der Waals surface area contributed by atoms with Gasteiger partial charge in [0.05, 0.1) is 19.1 Å². The summed E-state index contributed by atoms with van der Waals surface area (Å²) < 4.78 is 10.9. The topological polar surface area (TPSA) is 64.8 Å². The van der Waals surface area contributed by atoms with E-state index >= 15 is 0 Å². The summed E-state index contributed by atoms with van der Waals surface area (Å²) in [6, 6.07) is 16.7. The van der Waals surface area contributed by atoms with Crippen molar-refractivity contribution in [2.24, 2.45) is 0 Å². The molecule has 1 aromatic heterocycles. The van der Waals surface area contributed by atoms with Gasteiger partial charge in [0, 0.05) is 47.8 Å². The van der Waals surface area contributed by atoms with Crippen LogP contribution in [-0.4, -0.2) is 24.0 Å². The summed E-state index contributed by atoms with van der Waals surface area (Å²) in [5.74, 6) is 1.46. The van der Waals surface area contributed by atoms with Crippen molar-refractivity contribution in [1.29, 1.82) is 0 Å². The van der Waals surface area contributed by atoms with Crippen molar-refractivity contribution >= 4 is 17.0 Å². The third kappa shape index (κ3) is 4.88. The molecule has 0 saturated heterocycles. The van der Waals surface area contributed by atoms with Crippen LogP contribution < -0.4 is 9.47 Å². The van der Waals surface area contributed by atoms with Gasteiger partial charge in [0.1, 0.15) is 11.5 Å². The first-order valence-electron chi connectivity index (χ1n) is 8.78. The van der Waals surface area contributed by atoms with Crippen LogP contribution in [0.3, 0.4) is 0 Å². The zero-order valence-electron chi connectivity index (χ0n) is 15.8. The molecule has 0 spiro atoms. The maximum Gasteiger partial charge on any atom is 0.270 e. The average Bonchev–Trinajstić information content (AvgIpc) is 3.21. The molecular formula is C21H22N2O4S. The minimum atomic E-state index is -0.382. The highest BCUT2D eigenvalue weighted by Crippen LogP contribution is 2.28. The fraction of sp³-hybridized carbons (Fsp3) is 0.238. The molecule has 0 saturated carbocycles. The Morgan fingerprint density at radius 2 is 1.64 bits per heavy atom. The third-order valence-corrected chi connectivity index (χ3v) is 5.28. The summed E-state index contributed by atoms with van der Waals surface area (Å²) in [6.07, 6.45) is 0. The second kappa shape index (κ2) is 9.34. The molecule has 3 rings (SSSR count). The second-order valence-corrected chi connectivity index (χ2v) is 7.32. The molecule has 0 radical (unpaired) electrons. The van der Waals surface area contributed by atoms with E-state index in [1.165, 1.54) is 10.9 Å². The predicted molar refractivity (Wildman–Crippen MR) is 110 cm³/mol. The fourth-order valence-corrected chi connectivity index (χ4v) is 3.85. The quantitative estimate of drug-likeness (QED) is 0.380. The van der Waals surface area contributed by atoms with Gasteiger partial charge in [-0.3, -0.25) is 15.0 Å². The number of rotatable bonds is 9. The van der Waals surface area contributed by atoms with Crippen LogP contribution >= 0.6 is 11.3 Å². The second-order valence-electron chi connectivity index (χ2n) is 6.29. The van der Waals surface area contributed by atoms with Crippen LogP contribution in [-0.2, 0) is 19.6 Å². The molecule has 0 aliphatic rings. The summed E-state index contributed by atoms with van der Waals surface area (Å²) in [7, 11) is 3.24. The first-order valence-corrected chi connectivity index (χ1v) is 9.66. The lowest BCUT2D eigenvalue weighted by Gasteiger charge is -2.24. The standard InChI is InChI=1S/C21H22N2O4S/c1-26-20-8-4-3-6-16(20)13-22(15-19-7-5-11-28-19)14-17-12-18(23(24)25)9-10-21(17)27-2/h3-12H,13-15H2,1-2H3. The number of non-ortho nitro benzene ring substituents is 1. The maximum absolute atomic E-state index is 11.2. The van der Waals surface area contributed by atoms with Crippen molar-refractivity contribution in [1.82, 2.24) is 4.90 Å². The monoisotopic (exact) mass is 398 g/mol. The lowest BCUT2D eigenvalue weighted by atomic mass is 10.1. The molecule has 0 aliphatic carbocycles. The highest BCUT2D eigenvalue weighted by atomic mass is 32.1. The number of benzene rings is 2. The largest absolute Gasteiger partial charge is 0.496 e. The number of nitrogens with zero attached hydrogens (tertiary/aromatic N) is 2. The molecule has 0 aliphatic heterocycles. The van der Waals surface area contributed by atoms with Crippen molar-refractivity contribution in [3.05, 3.63) is 86.1 Å². The van der Waals surface area contributed by atoms with Crippen molar-refractivity contribution < 1.29 is 14.4 Å². The third-order valence-electron chi connectivity index (χ3n) is 4.41. The molecule has 2 aromatic carbocycles. The number of hydrogen-bond donors (Lipinski definition) is 0. The van der Waals surface area contributed by atoms with Gasteiger partial charge < -0.3 is 9.47 Å². The average molecular weight is 398 g/mol. The maximum atomic E-state index is 11.2. The molecule has 0 N–H and O–H groups in total. The number of hydrogen-bond acceptors (Lipinski definition) is 6. The molecule has 1 heterocycles. The molecule has 28 heavy (non-hydrogen) atoms. The fourth-order valence-electron chi connectivity index (χ4n) is 3.11. The van der Waals surface area contributed by atoms with E-state index < -0.39 is 0 Å². The van der Waals surface area contributed by atoms with E-state index in [2.05, 4.69) is 11.0 Å². The van der Waals surface area contributed by atoms with Crippen LogP contribution in [0, 0.1) is 10.1 Å². The molecule has 0 atom stereocenters. The molecular weight excluding hydrogens is 376 g/mol. The number of methoxy groups -OCH3 is 2. The molecule has 0 unspecified atom stereocenters. The Hall–Kier alpha value is -2.90. The minimum Gasteiger partial charge on any atom is -0.496 e. The SMILES string of the molecule is COc1ccccc1CN(Cc1cccs1)Cc1cc([N+](=O)[O-])ccc1OC.